The molecular formula is C39H28. The molecule has 0 radical (unpaired) electrons. The Morgan fingerprint density at radius 2 is 0.974 bits per heavy atom. The molecule has 8 rings (SSSR count). The van der Waals surface area contributed by atoms with Gasteiger partial charge in [-0.3, -0.25) is 0 Å². The number of rotatable bonds is 2. The first kappa shape index (κ1) is 22.3. The van der Waals surface area contributed by atoms with Gasteiger partial charge in [-0.15, -0.1) is 0 Å². The molecule has 7 aromatic carbocycles. The van der Waals surface area contributed by atoms with Crippen LogP contribution in [0.2, 0.25) is 0 Å². The van der Waals surface area contributed by atoms with Crippen LogP contribution in [0.4, 0.5) is 0 Å². The highest BCUT2D eigenvalue weighted by molar-refractivity contribution is 6.24. The van der Waals surface area contributed by atoms with E-state index in [0.29, 0.717) is 0 Å². The van der Waals surface area contributed by atoms with E-state index < -0.39 is 0 Å². The van der Waals surface area contributed by atoms with E-state index in [1.807, 2.05) is 0 Å². The zero-order valence-electron chi connectivity index (χ0n) is 22.2. The molecule has 0 amide bonds. The summed E-state index contributed by atoms with van der Waals surface area (Å²) < 4.78 is 0. The topological polar surface area (TPSA) is 0 Å². The number of hydrogen-bond acceptors (Lipinski definition) is 0. The first-order valence-corrected chi connectivity index (χ1v) is 13.8. The molecule has 0 N–H and O–H groups in total. The van der Waals surface area contributed by atoms with Crippen molar-refractivity contribution in [3.8, 4) is 33.4 Å². The van der Waals surface area contributed by atoms with Crippen molar-refractivity contribution in [3.05, 3.63) is 145 Å². The quantitative estimate of drug-likeness (QED) is 0.209. The second-order valence-corrected chi connectivity index (χ2v) is 11.3. The van der Waals surface area contributed by atoms with Gasteiger partial charge in [-0.25, -0.2) is 0 Å². The fourth-order valence-corrected chi connectivity index (χ4v) is 7.16. The molecule has 7 aromatic rings. The summed E-state index contributed by atoms with van der Waals surface area (Å²) in [6, 6.07) is 49.2. The van der Waals surface area contributed by atoms with Crippen LogP contribution in [-0.2, 0) is 5.41 Å². The minimum absolute atomic E-state index is 0.145. The summed E-state index contributed by atoms with van der Waals surface area (Å²) in [5, 5.41) is 7.94. The predicted molar refractivity (Wildman–Crippen MR) is 167 cm³/mol. The molecule has 0 spiro atoms. The van der Waals surface area contributed by atoms with Crippen molar-refractivity contribution in [1.82, 2.24) is 0 Å². The predicted octanol–water partition coefficient (Wildman–Crippen LogP) is 10.8. The van der Waals surface area contributed by atoms with Crippen LogP contribution >= 0.6 is 0 Å². The van der Waals surface area contributed by atoms with Gasteiger partial charge in [0.15, 0.2) is 0 Å². The van der Waals surface area contributed by atoms with Gasteiger partial charge in [-0.05, 0) is 76.8 Å². The fraction of sp³-hybridized carbons (Fsp3) is 0.0769. The summed E-state index contributed by atoms with van der Waals surface area (Å²) in [5.74, 6) is 0. The first-order chi connectivity index (χ1) is 19.1. The summed E-state index contributed by atoms with van der Waals surface area (Å²) in [6.45, 7) is 4.83. The molecule has 0 aromatic heterocycles. The van der Waals surface area contributed by atoms with Gasteiger partial charge in [0, 0.05) is 5.41 Å². The van der Waals surface area contributed by atoms with Crippen LogP contribution in [0.3, 0.4) is 0 Å². The number of hydrogen-bond donors (Lipinski definition) is 0. The normalized spacial score (nSPS) is 13.6. The highest BCUT2D eigenvalue weighted by Crippen LogP contribution is 2.57. The Labute approximate surface area is 229 Å². The summed E-state index contributed by atoms with van der Waals surface area (Å²) >= 11 is 0. The van der Waals surface area contributed by atoms with E-state index in [4.69, 9.17) is 0 Å². The summed E-state index contributed by atoms with van der Waals surface area (Å²) in [6.07, 6.45) is 0. The average molecular weight is 497 g/mol. The second kappa shape index (κ2) is 8.16. The van der Waals surface area contributed by atoms with Crippen molar-refractivity contribution in [1.29, 1.82) is 0 Å². The van der Waals surface area contributed by atoms with Gasteiger partial charge in [0.05, 0.1) is 0 Å². The lowest BCUT2D eigenvalue weighted by Gasteiger charge is -2.27. The third-order valence-electron chi connectivity index (χ3n) is 8.81. The molecule has 0 saturated heterocycles. The van der Waals surface area contributed by atoms with Crippen LogP contribution in [0, 0.1) is 0 Å². The molecule has 39 heavy (non-hydrogen) atoms. The zero-order chi connectivity index (χ0) is 26.1. The highest BCUT2D eigenvalue weighted by atomic mass is 14.4. The largest absolute Gasteiger partial charge is 0.0622 e. The lowest BCUT2D eigenvalue weighted by atomic mass is 9.76. The van der Waals surface area contributed by atoms with E-state index >= 15 is 0 Å². The SMILES string of the molecule is CC1(C)c2ccc3ccccc3c2-c2ccc3c(-c4ccccc4)c4ccccc4c(-c4ccccc4)c3c21. The average Bonchev–Trinajstić information content (AvgIpc) is 3.23. The van der Waals surface area contributed by atoms with Crippen LogP contribution < -0.4 is 0 Å². The molecular weight excluding hydrogens is 468 g/mol. The zero-order valence-corrected chi connectivity index (χ0v) is 22.2. The smallest absolute Gasteiger partial charge is 0.0165 e. The minimum atomic E-state index is -0.145. The van der Waals surface area contributed by atoms with E-state index in [-0.39, 0.29) is 5.41 Å². The van der Waals surface area contributed by atoms with Crippen LogP contribution in [-0.4, -0.2) is 0 Å². The maximum Gasteiger partial charge on any atom is 0.0165 e. The molecule has 0 heterocycles. The van der Waals surface area contributed by atoms with Crippen molar-refractivity contribution < 1.29 is 0 Å². The number of benzene rings is 7. The first-order valence-electron chi connectivity index (χ1n) is 13.8. The third kappa shape index (κ3) is 3.06. The summed E-state index contributed by atoms with van der Waals surface area (Å²) in [4.78, 5) is 0. The Morgan fingerprint density at radius 3 is 1.67 bits per heavy atom. The molecule has 0 bridgehead atoms. The summed E-state index contributed by atoms with van der Waals surface area (Å²) in [7, 11) is 0. The van der Waals surface area contributed by atoms with Crippen molar-refractivity contribution in [2.24, 2.45) is 0 Å². The lowest BCUT2D eigenvalue weighted by Crippen LogP contribution is -2.16. The molecule has 0 unspecified atom stereocenters. The molecule has 0 nitrogen and oxygen atoms in total. The van der Waals surface area contributed by atoms with E-state index in [2.05, 4.69) is 147 Å². The molecule has 1 aliphatic rings. The van der Waals surface area contributed by atoms with Gasteiger partial charge in [-0.2, -0.15) is 0 Å². The Hall–Kier alpha value is -4.68. The minimum Gasteiger partial charge on any atom is -0.0622 e. The van der Waals surface area contributed by atoms with Gasteiger partial charge in [0.25, 0.3) is 0 Å². The highest BCUT2D eigenvalue weighted by Gasteiger charge is 2.39. The van der Waals surface area contributed by atoms with Gasteiger partial charge in [0.2, 0.25) is 0 Å². The Bertz CT molecular complexity index is 2060. The maximum atomic E-state index is 2.41. The van der Waals surface area contributed by atoms with Gasteiger partial charge in [-0.1, -0.05) is 147 Å². The number of fused-ring (bicyclic) bond motifs is 8. The van der Waals surface area contributed by atoms with Crippen molar-refractivity contribution in [2.45, 2.75) is 19.3 Å². The Balaban J connectivity index is 1.64. The maximum absolute atomic E-state index is 2.41. The van der Waals surface area contributed by atoms with E-state index in [1.165, 1.54) is 76.8 Å². The van der Waals surface area contributed by atoms with E-state index in [9.17, 15) is 0 Å². The third-order valence-corrected chi connectivity index (χ3v) is 8.81. The van der Waals surface area contributed by atoms with Crippen LogP contribution in [0.25, 0.3) is 65.7 Å². The van der Waals surface area contributed by atoms with Crippen molar-refractivity contribution >= 4 is 32.3 Å². The summed E-state index contributed by atoms with van der Waals surface area (Å²) in [5.41, 5.74) is 10.6. The van der Waals surface area contributed by atoms with Gasteiger partial charge in [0.1, 0.15) is 0 Å². The molecule has 0 saturated carbocycles. The Kier molecular flexibility index (Phi) is 4.67. The fourth-order valence-electron chi connectivity index (χ4n) is 7.16. The molecule has 0 fully saturated rings. The second-order valence-electron chi connectivity index (χ2n) is 11.3. The van der Waals surface area contributed by atoms with Crippen LogP contribution in [0.15, 0.2) is 133 Å². The van der Waals surface area contributed by atoms with Gasteiger partial charge >= 0.3 is 0 Å². The molecule has 0 aliphatic heterocycles. The van der Waals surface area contributed by atoms with Gasteiger partial charge < -0.3 is 0 Å². The molecule has 0 heteroatoms. The lowest BCUT2D eigenvalue weighted by molar-refractivity contribution is 0.667. The monoisotopic (exact) mass is 496 g/mol. The van der Waals surface area contributed by atoms with Crippen molar-refractivity contribution in [2.75, 3.05) is 0 Å². The van der Waals surface area contributed by atoms with Crippen LogP contribution in [0.1, 0.15) is 25.0 Å². The standard InChI is InChI=1S/C39H28/c1-39(2)33-24-21-25-13-9-10-18-28(25)36(33)32-23-22-31-34(26-14-5-3-6-15-26)29-19-11-12-20-30(29)35(37(31)38(32)39)27-16-7-4-8-17-27/h3-24H,1-2H3. The molecule has 0 atom stereocenters. The molecule has 184 valence electrons. The van der Waals surface area contributed by atoms with E-state index in [1.54, 1.807) is 0 Å². The van der Waals surface area contributed by atoms with E-state index in [0.717, 1.165) is 0 Å². The van der Waals surface area contributed by atoms with Crippen LogP contribution in [0.5, 0.6) is 0 Å². The van der Waals surface area contributed by atoms with Crippen molar-refractivity contribution in [3.63, 3.8) is 0 Å². The molecule has 1 aliphatic carbocycles. The Morgan fingerprint density at radius 1 is 0.410 bits per heavy atom.